The van der Waals surface area contributed by atoms with Crippen LogP contribution in [0.3, 0.4) is 0 Å². The lowest BCUT2D eigenvalue weighted by Crippen LogP contribution is -2.36. The van der Waals surface area contributed by atoms with Gasteiger partial charge < -0.3 is 4.74 Å². The van der Waals surface area contributed by atoms with E-state index in [0.717, 1.165) is 32.5 Å². The second-order valence-corrected chi connectivity index (χ2v) is 7.21. The van der Waals surface area contributed by atoms with Crippen molar-refractivity contribution >= 4 is 22.6 Å². The maximum atomic E-state index is 12.7. The van der Waals surface area contributed by atoms with Crippen molar-refractivity contribution in [3.8, 4) is 28.0 Å². The minimum absolute atomic E-state index is 0.301. The first kappa shape index (κ1) is 18.1. The van der Waals surface area contributed by atoms with Gasteiger partial charge in [-0.05, 0) is 52.6 Å². The Balaban J connectivity index is 1.74. The maximum absolute atomic E-state index is 12.7. The quantitative estimate of drug-likeness (QED) is 0.468. The monoisotopic (exact) mass is 394 g/mol. The summed E-state index contributed by atoms with van der Waals surface area (Å²) in [5, 5.41) is 1.43. The van der Waals surface area contributed by atoms with E-state index in [2.05, 4.69) is 17.1 Å². The molecule has 2 heterocycles. The Bertz CT molecular complexity index is 1290. The van der Waals surface area contributed by atoms with Crippen molar-refractivity contribution in [2.45, 2.75) is 0 Å². The summed E-state index contributed by atoms with van der Waals surface area (Å²) in [6.45, 7) is 0. The summed E-state index contributed by atoms with van der Waals surface area (Å²) in [5.74, 6) is 0.0321. The van der Waals surface area contributed by atoms with E-state index < -0.39 is 0 Å². The van der Waals surface area contributed by atoms with E-state index in [1.807, 2.05) is 30.3 Å². The number of methoxy groups -OCH3 is 1. The zero-order valence-corrected chi connectivity index (χ0v) is 16.5. The fourth-order valence-electron chi connectivity index (χ4n) is 4.07. The zero-order valence-electron chi connectivity index (χ0n) is 16.5. The Morgan fingerprint density at radius 1 is 0.667 bits per heavy atom. The molecule has 0 N–H and O–H groups in total. The Morgan fingerprint density at radius 2 is 1.20 bits per heavy atom. The molecule has 0 fully saturated rings. The fraction of sp³-hybridized carbons (Fsp3) is 0.0800. The van der Waals surface area contributed by atoms with Gasteiger partial charge in [-0.2, -0.15) is 0 Å². The van der Waals surface area contributed by atoms with Crippen molar-refractivity contribution in [1.82, 2.24) is 9.88 Å². The molecule has 0 atom stereocenters. The van der Waals surface area contributed by atoms with Crippen LogP contribution in [-0.2, 0) is 0 Å². The highest BCUT2D eigenvalue weighted by Crippen LogP contribution is 2.41. The van der Waals surface area contributed by atoms with Crippen molar-refractivity contribution in [3.05, 3.63) is 84.2 Å². The zero-order chi connectivity index (χ0) is 20.8. The number of carbonyl (C=O) groups excluding carboxylic acids is 2. The first-order valence-corrected chi connectivity index (χ1v) is 9.57. The molecule has 4 aromatic rings. The van der Waals surface area contributed by atoms with Crippen LogP contribution in [0.1, 0.15) is 20.7 Å². The second kappa shape index (κ2) is 6.81. The van der Waals surface area contributed by atoms with E-state index in [1.165, 1.54) is 7.05 Å². The number of nitrogens with zero attached hydrogens (tertiary/aromatic N) is 2. The van der Waals surface area contributed by atoms with Gasteiger partial charge in [0.05, 0.1) is 7.11 Å². The molecule has 2 amide bonds. The predicted octanol–water partition coefficient (Wildman–Crippen LogP) is 4.80. The van der Waals surface area contributed by atoms with Crippen LogP contribution in [0.5, 0.6) is 5.75 Å². The number of carbonyl (C=O) groups is 2. The van der Waals surface area contributed by atoms with E-state index in [-0.39, 0.29) is 11.8 Å². The fourth-order valence-corrected chi connectivity index (χ4v) is 4.07. The maximum Gasteiger partial charge on any atom is 0.261 e. The van der Waals surface area contributed by atoms with Crippen molar-refractivity contribution in [1.29, 1.82) is 0 Å². The average Bonchev–Trinajstić information content (AvgIpc) is 2.81. The summed E-state index contributed by atoms with van der Waals surface area (Å²) in [6, 6.07) is 19.4. The lowest BCUT2D eigenvalue weighted by Gasteiger charge is -2.25. The molecule has 0 spiro atoms. The van der Waals surface area contributed by atoms with Crippen molar-refractivity contribution in [2.24, 2.45) is 0 Å². The highest BCUT2D eigenvalue weighted by Gasteiger charge is 2.32. The summed E-state index contributed by atoms with van der Waals surface area (Å²) in [4.78, 5) is 30.7. The minimum Gasteiger partial charge on any atom is -0.496 e. The predicted molar refractivity (Wildman–Crippen MR) is 116 cm³/mol. The van der Waals surface area contributed by atoms with Crippen LogP contribution in [0.25, 0.3) is 33.0 Å². The Morgan fingerprint density at radius 3 is 1.83 bits per heavy atom. The molecule has 3 aromatic carbocycles. The van der Waals surface area contributed by atoms with E-state index in [0.29, 0.717) is 22.3 Å². The lowest BCUT2D eigenvalue weighted by molar-refractivity contribution is 0.0650. The van der Waals surface area contributed by atoms with Gasteiger partial charge in [0.15, 0.2) is 0 Å². The first-order valence-electron chi connectivity index (χ1n) is 9.57. The molecule has 0 saturated carbocycles. The normalized spacial score (nSPS) is 13.1. The minimum atomic E-state index is -0.301. The van der Waals surface area contributed by atoms with Crippen LogP contribution in [-0.4, -0.2) is 35.9 Å². The Hall–Kier alpha value is -3.99. The lowest BCUT2D eigenvalue weighted by atomic mass is 9.88. The van der Waals surface area contributed by atoms with Crippen LogP contribution in [0, 0.1) is 0 Å². The summed E-state index contributed by atoms with van der Waals surface area (Å²) < 4.78 is 5.62. The third-order valence-corrected chi connectivity index (χ3v) is 5.62. The van der Waals surface area contributed by atoms with Crippen LogP contribution in [0.4, 0.5) is 0 Å². The van der Waals surface area contributed by atoms with Gasteiger partial charge in [-0.25, -0.2) is 0 Å². The number of amides is 2. The number of hydrogen-bond donors (Lipinski definition) is 0. The molecule has 1 aromatic heterocycles. The van der Waals surface area contributed by atoms with Gasteiger partial charge in [0.25, 0.3) is 11.8 Å². The Labute approximate surface area is 173 Å². The van der Waals surface area contributed by atoms with Crippen molar-refractivity contribution in [3.63, 3.8) is 0 Å². The average molecular weight is 394 g/mol. The molecular formula is C25H18N2O3. The SMILES string of the molecule is COc1ccc2c3c(ccc(-c4ccc(-c5ccncc5)cc4)c13)C(=O)N(C)C2=O. The van der Waals surface area contributed by atoms with Crippen LogP contribution < -0.4 is 4.74 Å². The standard InChI is InChI=1S/C25H18N2O3/c1-27-24(28)19-8-7-18(23-21(30-2)10-9-20(22(19)23)25(27)29)17-5-3-15(4-6-17)16-11-13-26-14-12-16/h3-14H,1-2H3. The highest BCUT2D eigenvalue weighted by molar-refractivity contribution is 6.27. The third kappa shape index (κ3) is 2.59. The molecule has 5 heteroatoms. The molecule has 5 nitrogen and oxygen atoms in total. The van der Waals surface area contributed by atoms with Crippen molar-refractivity contribution in [2.75, 3.05) is 14.2 Å². The highest BCUT2D eigenvalue weighted by atomic mass is 16.5. The van der Waals surface area contributed by atoms with Crippen molar-refractivity contribution < 1.29 is 14.3 Å². The van der Waals surface area contributed by atoms with Crippen LogP contribution in [0.15, 0.2) is 73.1 Å². The third-order valence-electron chi connectivity index (χ3n) is 5.62. The van der Waals surface area contributed by atoms with E-state index in [4.69, 9.17) is 4.74 Å². The van der Waals surface area contributed by atoms with Gasteiger partial charge in [-0.1, -0.05) is 30.3 Å². The topological polar surface area (TPSA) is 59.5 Å². The molecule has 5 rings (SSSR count). The van der Waals surface area contributed by atoms with Gasteiger partial charge in [0.2, 0.25) is 0 Å². The molecule has 0 aliphatic carbocycles. The molecule has 146 valence electrons. The first-order chi connectivity index (χ1) is 14.6. The second-order valence-electron chi connectivity index (χ2n) is 7.21. The number of aromatic nitrogens is 1. The summed E-state index contributed by atoms with van der Waals surface area (Å²) in [6.07, 6.45) is 3.54. The number of pyridine rings is 1. The van der Waals surface area contributed by atoms with E-state index >= 15 is 0 Å². The number of rotatable bonds is 3. The number of ether oxygens (including phenoxy) is 1. The summed E-state index contributed by atoms with van der Waals surface area (Å²) >= 11 is 0. The van der Waals surface area contributed by atoms with E-state index in [1.54, 1.807) is 37.7 Å². The molecule has 1 aliphatic rings. The molecular weight excluding hydrogens is 376 g/mol. The largest absolute Gasteiger partial charge is 0.496 e. The summed E-state index contributed by atoms with van der Waals surface area (Å²) in [7, 11) is 3.11. The molecule has 0 radical (unpaired) electrons. The van der Waals surface area contributed by atoms with Gasteiger partial charge >= 0.3 is 0 Å². The molecule has 0 unspecified atom stereocenters. The van der Waals surface area contributed by atoms with Gasteiger partial charge in [0, 0.05) is 41.3 Å². The van der Waals surface area contributed by atoms with Gasteiger partial charge in [0.1, 0.15) is 5.75 Å². The number of benzene rings is 3. The number of imide groups is 1. The Kier molecular flexibility index (Phi) is 4.10. The smallest absolute Gasteiger partial charge is 0.261 e. The van der Waals surface area contributed by atoms with Crippen LogP contribution >= 0.6 is 0 Å². The van der Waals surface area contributed by atoms with Gasteiger partial charge in [-0.15, -0.1) is 0 Å². The molecule has 30 heavy (non-hydrogen) atoms. The van der Waals surface area contributed by atoms with Gasteiger partial charge in [-0.3, -0.25) is 19.5 Å². The summed E-state index contributed by atoms with van der Waals surface area (Å²) in [5.41, 5.74) is 5.09. The molecule has 0 bridgehead atoms. The number of hydrogen-bond acceptors (Lipinski definition) is 4. The van der Waals surface area contributed by atoms with Crippen LogP contribution in [0.2, 0.25) is 0 Å². The molecule has 1 aliphatic heterocycles. The molecule has 0 saturated heterocycles. The van der Waals surface area contributed by atoms with E-state index in [9.17, 15) is 9.59 Å².